The van der Waals surface area contributed by atoms with Crippen LogP contribution < -0.4 is 0 Å². The first-order valence-electron chi connectivity index (χ1n) is 8.90. The molecule has 0 atom stereocenters. The number of aromatic amines is 1. The van der Waals surface area contributed by atoms with Crippen LogP contribution in [0.5, 0.6) is 0 Å². The van der Waals surface area contributed by atoms with Crippen LogP contribution in [0.1, 0.15) is 43.7 Å². The maximum atomic E-state index is 12.5. The van der Waals surface area contributed by atoms with Crippen molar-refractivity contribution in [2.24, 2.45) is 0 Å². The normalized spacial score (nSPS) is 18.7. The molecule has 4 nitrogen and oxygen atoms in total. The molecule has 0 saturated carbocycles. The Kier molecular flexibility index (Phi) is 4.20. The highest BCUT2D eigenvalue weighted by molar-refractivity contribution is 5.93. The number of aromatic nitrogens is 2. The summed E-state index contributed by atoms with van der Waals surface area (Å²) in [7, 11) is 0. The van der Waals surface area contributed by atoms with E-state index in [1.807, 2.05) is 17.2 Å². The lowest BCUT2D eigenvalue weighted by atomic mass is 9.89. The van der Waals surface area contributed by atoms with Crippen LogP contribution in [-0.4, -0.2) is 34.1 Å². The number of allylic oxidation sites excluding steroid dienone is 1. The number of H-pyrrole nitrogens is 1. The summed E-state index contributed by atoms with van der Waals surface area (Å²) < 4.78 is 0. The Morgan fingerprint density at radius 2 is 1.96 bits per heavy atom. The highest BCUT2D eigenvalue weighted by Crippen LogP contribution is 2.34. The lowest BCUT2D eigenvalue weighted by molar-refractivity contribution is -0.128. The molecule has 1 aliphatic heterocycles. The van der Waals surface area contributed by atoms with Crippen molar-refractivity contribution in [2.45, 2.75) is 38.0 Å². The van der Waals surface area contributed by atoms with Crippen LogP contribution in [-0.2, 0) is 4.79 Å². The summed E-state index contributed by atoms with van der Waals surface area (Å²) in [6, 6.07) is 10.4. The van der Waals surface area contributed by atoms with E-state index < -0.39 is 0 Å². The monoisotopic (exact) mass is 321 g/mol. The Labute approximate surface area is 142 Å². The Balaban J connectivity index is 1.45. The molecule has 0 unspecified atom stereocenters. The van der Waals surface area contributed by atoms with E-state index in [1.165, 1.54) is 16.8 Å². The predicted octanol–water partition coefficient (Wildman–Crippen LogP) is 3.89. The van der Waals surface area contributed by atoms with Crippen molar-refractivity contribution in [1.29, 1.82) is 0 Å². The molecule has 124 valence electrons. The largest absolute Gasteiger partial charge is 0.339 e. The molecular weight excluding hydrogens is 298 g/mol. The predicted molar refractivity (Wildman–Crippen MR) is 94.5 cm³/mol. The second-order valence-electron chi connectivity index (χ2n) is 6.75. The zero-order valence-electron chi connectivity index (χ0n) is 13.9. The highest BCUT2D eigenvalue weighted by atomic mass is 16.2. The van der Waals surface area contributed by atoms with Crippen LogP contribution >= 0.6 is 0 Å². The van der Waals surface area contributed by atoms with Crippen molar-refractivity contribution in [3.8, 4) is 11.1 Å². The lowest BCUT2D eigenvalue weighted by Gasteiger charge is -2.32. The van der Waals surface area contributed by atoms with Crippen molar-refractivity contribution in [3.05, 3.63) is 53.9 Å². The minimum absolute atomic E-state index is 0.263. The van der Waals surface area contributed by atoms with Gasteiger partial charge in [0.25, 0.3) is 0 Å². The minimum atomic E-state index is 0.263. The molecule has 1 fully saturated rings. The molecule has 1 aliphatic carbocycles. The van der Waals surface area contributed by atoms with Gasteiger partial charge < -0.3 is 4.90 Å². The second kappa shape index (κ2) is 6.63. The summed E-state index contributed by atoms with van der Waals surface area (Å²) in [5.41, 5.74) is 4.64. The third kappa shape index (κ3) is 2.88. The summed E-state index contributed by atoms with van der Waals surface area (Å²) in [6.07, 6.45) is 9.19. The van der Waals surface area contributed by atoms with E-state index in [0.29, 0.717) is 5.92 Å². The Hall–Kier alpha value is -2.36. The number of nitrogens with zero attached hydrogens (tertiary/aromatic N) is 2. The number of amides is 1. The zero-order chi connectivity index (χ0) is 16.4. The smallest absolute Gasteiger partial charge is 0.249 e. The van der Waals surface area contributed by atoms with Crippen molar-refractivity contribution < 1.29 is 4.79 Å². The van der Waals surface area contributed by atoms with Gasteiger partial charge in [0.05, 0.1) is 6.20 Å². The fourth-order valence-electron chi connectivity index (χ4n) is 3.89. The summed E-state index contributed by atoms with van der Waals surface area (Å²) in [6.45, 7) is 1.68. The number of rotatable bonds is 3. The van der Waals surface area contributed by atoms with Crippen LogP contribution in [0.3, 0.4) is 0 Å². The number of carbonyl (C=O) groups is 1. The quantitative estimate of drug-likeness (QED) is 0.932. The van der Waals surface area contributed by atoms with E-state index in [4.69, 9.17) is 0 Å². The first-order chi connectivity index (χ1) is 11.8. The number of likely N-dealkylation sites (tertiary alicyclic amines) is 1. The van der Waals surface area contributed by atoms with Crippen LogP contribution in [0.15, 0.2) is 48.2 Å². The van der Waals surface area contributed by atoms with E-state index in [-0.39, 0.29) is 5.91 Å². The summed E-state index contributed by atoms with van der Waals surface area (Å²) in [5.74, 6) is 0.711. The van der Waals surface area contributed by atoms with Gasteiger partial charge in [-0.3, -0.25) is 9.89 Å². The van der Waals surface area contributed by atoms with Crippen molar-refractivity contribution >= 4 is 5.91 Å². The molecule has 2 heterocycles. The molecule has 0 bridgehead atoms. The molecule has 0 radical (unpaired) electrons. The maximum Gasteiger partial charge on any atom is 0.249 e. The molecule has 1 amide bonds. The van der Waals surface area contributed by atoms with Gasteiger partial charge in [0.2, 0.25) is 5.91 Å². The topological polar surface area (TPSA) is 49.0 Å². The van der Waals surface area contributed by atoms with Gasteiger partial charge >= 0.3 is 0 Å². The number of piperidine rings is 1. The summed E-state index contributed by atoms with van der Waals surface area (Å²) in [5, 5.41) is 7.48. The fraction of sp³-hybridized carbons (Fsp3) is 0.400. The van der Waals surface area contributed by atoms with Gasteiger partial charge in [-0.05, 0) is 37.7 Å². The second-order valence-corrected chi connectivity index (χ2v) is 6.75. The molecule has 1 aromatic carbocycles. The van der Waals surface area contributed by atoms with Crippen LogP contribution in [0.25, 0.3) is 11.1 Å². The third-order valence-electron chi connectivity index (χ3n) is 5.26. The molecule has 0 spiro atoms. The molecule has 2 aromatic rings. The van der Waals surface area contributed by atoms with Gasteiger partial charge in [-0.1, -0.05) is 36.4 Å². The molecule has 1 saturated heterocycles. The fourth-order valence-corrected chi connectivity index (χ4v) is 3.89. The molecule has 4 rings (SSSR count). The number of hydrogen-bond donors (Lipinski definition) is 1. The minimum Gasteiger partial charge on any atom is -0.339 e. The molecule has 1 aromatic heterocycles. The first kappa shape index (κ1) is 15.2. The van der Waals surface area contributed by atoms with Crippen LogP contribution in [0.2, 0.25) is 0 Å². The van der Waals surface area contributed by atoms with E-state index in [9.17, 15) is 4.79 Å². The van der Waals surface area contributed by atoms with Crippen LogP contribution in [0.4, 0.5) is 0 Å². The molecule has 4 heteroatoms. The molecule has 24 heavy (non-hydrogen) atoms. The number of hydrogen-bond acceptors (Lipinski definition) is 2. The average Bonchev–Trinajstić information content (AvgIpc) is 3.34. The standard InChI is InChI=1S/C20H23N3O/c24-20(17-8-4-5-9-17)23-12-10-16(11-13-23)19-18(14-21-22-19)15-6-2-1-3-7-15/h1-3,6-8,14,16H,4-5,9-13H2,(H,21,22). The third-order valence-corrected chi connectivity index (χ3v) is 5.26. The lowest BCUT2D eigenvalue weighted by Crippen LogP contribution is -2.38. The Morgan fingerprint density at radius 1 is 1.17 bits per heavy atom. The van der Waals surface area contributed by atoms with E-state index >= 15 is 0 Å². The van der Waals surface area contributed by atoms with E-state index in [0.717, 1.165) is 50.8 Å². The van der Waals surface area contributed by atoms with Crippen molar-refractivity contribution in [3.63, 3.8) is 0 Å². The zero-order valence-corrected chi connectivity index (χ0v) is 13.9. The van der Waals surface area contributed by atoms with Gasteiger partial charge in [-0.2, -0.15) is 5.10 Å². The van der Waals surface area contributed by atoms with Gasteiger partial charge in [-0.25, -0.2) is 0 Å². The molecular formula is C20H23N3O. The van der Waals surface area contributed by atoms with Gasteiger partial charge in [0.15, 0.2) is 0 Å². The van der Waals surface area contributed by atoms with E-state index in [2.05, 4.69) is 40.5 Å². The number of carbonyl (C=O) groups excluding carboxylic acids is 1. The van der Waals surface area contributed by atoms with Crippen LogP contribution in [0, 0.1) is 0 Å². The molecule has 2 aliphatic rings. The Bertz CT molecular complexity index is 739. The van der Waals surface area contributed by atoms with Gasteiger partial charge in [0, 0.05) is 35.8 Å². The van der Waals surface area contributed by atoms with E-state index in [1.54, 1.807) is 0 Å². The average molecular weight is 321 g/mol. The maximum absolute atomic E-state index is 12.5. The van der Waals surface area contributed by atoms with Crippen molar-refractivity contribution in [1.82, 2.24) is 15.1 Å². The number of benzene rings is 1. The number of nitrogens with one attached hydrogen (secondary N) is 1. The summed E-state index contributed by atoms with van der Waals surface area (Å²) in [4.78, 5) is 14.6. The first-order valence-corrected chi connectivity index (χ1v) is 8.90. The van der Waals surface area contributed by atoms with Gasteiger partial charge in [0.1, 0.15) is 0 Å². The highest BCUT2D eigenvalue weighted by Gasteiger charge is 2.28. The Morgan fingerprint density at radius 3 is 2.67 bits per heavy atom. The van der Waals surface area contributed by atoms with Gasteiger partial charge in [-0.15, -0.1) is 0 Å². The SMILES string of the molecule is O=C(C1=CCCC1)N1CCC(c2[nH]ncc2-c2ccccc2)CC1. The summed E-state index contributed by atoms with van der Waals surface area (Å²) >= 11 is 0. The van der Waals surface area contributed by atoms with Crippen molar-refractivity contribution in [2.75, 3.05) is 13.1 Å². The molecule has 1 N–H and O–H groups in total.